The van der Waals surface area contributed by atoms with Crippen LogP contribution < -0.4 is 10.5 Å². The van der Waals surface area contributed by atoms with E-state index in [4.69, 9.17) is 22.1 Å². The van der Waals surface area contributed by atoms with Gasteiger partial charge in [0.2, 0.25) is 0 Å². The van der Waals surface area contributed by atoms with Gasteiger partial charge < -0.3 is 10.5 Å². The summed E-state index contributed by atoms with van der Waals surface area (Å²) in [5.74, 6) is 0.800. The van der Waals surface area contributed by atoms with Gasteiger partial charge in [-0.25, -0.2) is 0 Å². The molecule has 0 spiro atoms. The van der Waals surface area contributed by atoms with Gasteiger partial charge in [0.25, 0.3) is 0 Å². The van der Waals surface area contributed by atoms with Crippen molar-refractivity contribution in [1.82, 2.24) is 0 Å². The van der Waals surface area contributed by atoms with Crippen LogP contribution in [0.1, 0.15) is 40.8 Å². The van der Waals surface area contributed by atoms with Crippen LogP contribution in [0.5, 0.6) is 5.75 Å². The molecule has 0 saturated carbocycles. The Hall–Kier alpha value is -1.51. The lowest BCUT2D eigenvalue weighted by atomic mass is 10.0. The van der Waals surface area contributed by atoms with E-state index in [0.29, 0.717) is 11.6 Å². The molecule has 0 bridgehead atoms. The Morgan fingerprint density at radius 1 is 1.10 bits per heavy atom. The molecule has 0 aliphatic rings. The summed E-state index contributed by atoms with van der Waals surface area (Å²) in [6, 6.07) is 9.84. The third-order valence-electron chi connectivity index (χ3n) is 3.67. The predicted octanol–water partition coefficient (Wildman–Crippen LogP) is 4.86. The van der Waals surface area contributed by atoms with Crippen LogP contribution in [0.15, 0.2) is 30.3 Å². The lowest BCUT2D eigenvalue weighted by Crippen LogP contribution is -2.09. The molecule has 2 aromatic carbocycles. The number of aryl methyl sites for hydroxylation is 3. The fourth-order valence-electron chi connectivity index (χ4n) is 2.59. The zero-order chi connectivity index (χ0) is 15.6. The highest BCUT2D eigenvalue weighted by Gasteiger charge is 2.11. The minimum atomic E-state index is -0.112. The Labute approximate surface area is 131 Å². The maximum Gasteiger partial charge on any atom is 0.124 e. The van der Waals surface area contributed by atoms with Crippen LogP contribution in [-0.2, 0) is 6.61 Å². The Kier molecular flexibility index (Phi) is 4.92. The normalized spacial score (nSPS) is 12.3. The van der Waals surface area contributed by atoms with Gasteiger partial charge in [0, 0.05) is 16.6 Å². The van der Waals surface area contributed by atoms with Crippen LogP contribution >= 0.6 is 11.6 Å². The van der Waals surface area contributed by atoms with Crippen LogP contribution in [0, 0.1) is 20.8 Å². The van der Waals surface area contributed by atoms with E-state index in [2.05, 4.69) is 32.9 Å². The lowest BCUT2D eigenvalue weighted by molar-refractivity contribution is 0.300. The summed E-state index contributed by atoms with van der Waals surface area (Å²) in [7, 11) is 0. The van der Waals surface area contributed by atoms with Crippen molar-refractivity contribution in [3.05, 3.63) is 63.2 Å². The third-order valence-corrected chi connectivity index (χ3v) is 3.91. The van der Waals surface area contributed by atoms with Crippen molar-refractivity contribution < 1.29 is 4.74 Å². The van der Waals surface area contributed by atoms with Gasteiger partial charge in [-0.1, -0.05) is 29.3 Å². The fraction of sp³-hybridized carbons (Fsp3) is 0.333. The van der Waals surface area contributed by atoms with Crippen molar-refractivity contribution in [2.45, 2.75) is 40.3 Å². The molecule has 0 radical (unpaired) electrons. The van der Waals surface area contributed by atoms with Gasteiger partial charge in [0.15, 0.2) is 0 Å². The maximum absolute atomic E-state index is 6.03. The Morgan fingerprint density at radius 2 is 1.71 bits per heavy atom. The molecular weight excluding hydrogens is 282 g/mol. The smallest absolute Gasteiger partial charge is 0.124 e. The summed E-state index contributed by atoms with van der Waals surface area (Å²) < 4.78 is 6.00. The number of nitrogens with two attached hydrogens (primary N) is 1. The van der Waals surface area contributed by atoms with Crippen molar-refractivity contribution in [2.24, 2.45) is 5.73 Å². The Morgan fingerprint density at radius 3 is 2.29 bits per heavy atom. The molecule has 112 valence electrons. The van der Waals surface area contributed by atoms with E-state index in [1.165, 1.54) is 22.3 Å². The number of rotatable bonds is 4. The summed E-state index contributed by atoms with van der Waals surface area (Å²) in [6.45, 7) is 8.82. The van der Waals surface area contributed by atoms with E-state index in [0.717, 1.165) is 11.3 Å². The van der Waals surface area contributed by atoms with E-state index in [1.54, 1.807) is 0 Å². The van der Waals surface area contributed by atoms with Gasteiger partial charge in [0.05, 0.1) is 0 Å². The zero-order valence-corrected chi connectivity index (χ0v) is 13.8. The molecule has 0 saturated heterocycles. The standard InChI is InChI=1S/C18H22ClNO/c1-11-7-12(2)17(13(3)8-11)10-21-18-6-5-15(19)9-16(18)14(4)20/h5-9,14H,10,20H2,1-4H3. The SMILES string of the molecule is Cc1cc(C)c(COc2ccc(Cl)cc2C(C)N)c(C)c1. The van der Waals surface area contributed by atoms with Crippen LogP contribution in [0.3, 0.4) is 0 Å². The first-order valence-electron chi connectivity index (χ1n) is 7.13. The molecular formula is C18H22ClNO. The Bertz CT molecular complexity index is 627. The predicted molar refractivity (Wildman–Crippen MR) is 89.0 cm³/mol. The van der Waals surface area contributed by atoms with Crippen molar-refractivity contribution in [2.75, 3.05) is 0 Å². The number of ether oxygens (including phenoxy) is 1. The van der Waals surface area contributed by atoms with Gasteiger partial charge in [-0.15, -0.1) is 0 Å². The molecule has 2 N–H and O–H groups in total. The average Bonchev–Trinajstić information content (AvgIpc) is 2.38. The van der Waals surface area contributed by atoms with E-state index >= 15 is 0 Å². The molecule has 2 aromatic rings. The molecule has 1 unspecified atom stereocenters. The first-order valence-corrected chi connectivity index (χ1v) is 7.51. The lowest BCUT2D eigenvalue weighted by Gasteiger charge is -2.17. The fourth-order valence-corrected chi connectivity index (χ4v) is 2.77. The quantitative estimate of drug-likeness (QED) is 0.875. The van der Waals surface area contributed by atoms with Gasteiger partial charge in [-0.2, -0.15) is 0 Å². The van der Waals surface area contributed by atoms with E-state index in [-0.39, 0.29) is 6.04 Å². The molecule has 0 heterocycles. The molecule has 0 amide bonds. The zero-order valence-electron chi connectivity index (χ0n) is 13.0. The molecule has 0 aromatic heterocycles. The second kappa shape index (κ2) is 6.50. The molecule has 0 fully saturated rings. The first-order chi connectivity index (χ1) is 9.88. The van der Waals surface area contributed by atoms with Crippen molar-refractivity contribution in [3.63, 3.8) is 0 Å². The molecule has 0 aliphatic heterocycles. The van der Waals surface area contributed by atoms with Crippen molar-refractivity contribution >= 4 is 11.6 Å². The van der Waals surface area contributed by atoms with Crippen LogP contribution in [0.2, 0.25) is 5.02 Å². The molecule has 1 atom stereocenters. The summed E-state index contributed by atoms with van der Waals surface area (Å²) in [5, 5.41) is 0.678. The van der Waals surface area contributed by atoms with Crippen LogP contribution in [0.4, 0.5) is 0 Å². The average molecular weight is 304 g/mol. The first kappa shape index (κ1) is 15.9. The highest BCUT2D eigenvalue weighted by molar-refractivity contribution is 6.30. The summed E-state index contributed by atoms with van der Waals surface area (Å²) >= 11 is 6.03. The van der Waals surface area contributed by atoms with Crippen molar-refractivity contribution in [1.29, 1.82) is 0 Å². The summed E-state index contributed by atoms with van der Waals surface area (Å²) in [4.78, 5) is 0. The second-order valence-electron chi connectivity index (χ2n) is 5.64. The van der Waals surface area contributed by atoms with Crippen LogP contribution in [-0.4, -0.2) is 0 Å². The summed E-state index contributed by atoms with van der Waals surface area (Å²) in [5.41, 5.74) is 11.9. The monoisotopic (exact) mass is 303 g/mol. The molecule has 21 heavy (non-hydrogen) atoms. The van der Waals surface area contributed by atoms with Gasteiger partial charge in [0.1, 0.15) is 12.4 Å². The number of hydrogen-bond acceptors (Lipinski definition) is 2. The van der Waals surface area contributed by atoms with Gasteiger partial charge >= 0.3 is 0 Å². The minimum Gasteiger partial charge on any atom is -0.489 e. The number of halogens is 1. The van der Waals surface area contributed by atoms with Gasteiger partial charge in [-0.05, 0) is 62.6 Å². The largest absolute Gasteiger partial charge is 0.489 e. The highest BCUT2D eigenvalue weighted by atomic mass is 35.5. The highest BCUT2D eigenvalue weighted by Crippen LogP contribution is 2.28. The number of hydrogen-bond donors (Lipinski definition) is 1. The molecule has 3 heteroatoms. The van der Waals surface area contributed by atoms with Crippen molar-refractivity contribution in [3.8, 4) is 5.75 Å². The minimum absolute atomic E-state index is 0.112. The van der Waals surface area contributed by atoms with Gasteiger partial charge in [-0.3, -0.25) is 0 Å². The van der Waals surface area contributed by atoms with E-state index in [1.807, 2.05) is 25.1 Å². The topological polar surface area (TPSA) is 35.2 Å². The van der Waals surface area contributed by atoms with E-state index in [9.17, 15) is 0 Å². The molecule has 2 rings (SSSR count). The molecule has 0 aliphatic carbocycles. The summed E-state index contributed by atoms with van der Waals surface area (Å²) in [6.07, 6.45) is 0. The Balaban J connectivity index is 2.25. The van der Waals surface area contributed by atoms with E-state index < -0.39 is 0 Å². The molecule has 2 nitrogen and oxygen atoms in total. The van der Waals surface area contributed by atoms with Crippen LogP contribution in [0.25, 0.3) is 0 Å². The number of benzene rings is 2. The maximum atomic E-state index is 6.03. The second-order valence-corrected chi connectivity index (χ2v) is 6.07. The third kappa shape index (κ3) is 3.78.